The molecule has 1 heterocycles. The predicted octanol–water partition coefficient (Wildman–Crippen LogP) is -1.87. The second-order valence-corrected chi connectivity index (χ2v) is 3.87. The monoisotopic (exact) mass is 270 g/mol. The number of anilines is 1. The topological polar surface area (TPSA) is 124 Å². The third-order valence-electron chi connectivity index (χ3n) is 2.24. The Morgan fingerprint density at radius 3 is 2.89 bits per heavy atom. The molecule has 2 amide bonds. The number of nitrogens with one attached hydrogen (secondary N) is 2. The summed E-state index contributed by atoms with van der Waals surface area (Å²) in [5, 5.41) is 8.94. The Balaban J connectivity index is 2.32. The highest BCUT2D eigenvalue weighted by Gasteiger charge is 2.15. The Hall–Kier alpha value is -2.16. The SMILES string of the molecule is COCCNC(=O)C(C)NC(=O)Cn1cnc(N)n1. The van der Waals surface area contributed by atoms with Crippen molar-refractivity contribution in [3.8, 4) is 0 Å². The second kappa shape index (κ2) is 7.31. The van der Waals surface area contributed by atoms with Crippen molar-refractivity contribution in [2.75, 3.05) is 26.0 Å². The summed E-state index contributed by atoms with van der Waals surface area (Å²) in [6.07, 6.45) is 1.35. The molecule has 1 unspecified atom stereocenters. The van der Waals surface area contributed by atoms with E-state index in [4.69, 9.17) is 10.5 Å². The van der Waals surface area contributed by atoms with Gasteiger partial charge in [-0.1, -0.05) is 0 Å². The van der Waals surface area contributed by atoms with Gasteiger partial charge in [-0.15, -0.1) is 5.10 Å². The van der Waals surface area contributed by atoms with Gasteiger partial charge in [-0.2, -0.15) is 0 Å². The first-order chi connectivity index (χ1) is 9.02. The molecule has 0 saturated carbocycles. The standard InChI is InChI=1S/C10H18N6O3/c1-7(9(18)12-3-4-19-2)14-8(17)5-16-6-13-10(11)15-16/h6-7H,3-5H2,1-2H3,(H2,11,15)(H,12,18)(H,14,17). The van der Waals surface area contributed by atoms with E-state index in [1.54, 1.807) is 14.0 Å². The average molecular weight is 270 g/mol. The molecule has 1 aromatic rings. The maximum absolute atomic E-state index is 11.6. The number of ether oxygens (including phenoxy) is 1. The lowest BCUT2D eigenvalue weighted by atomic mass is 10.3. The molecule has 106 valence electrons. The number of carbonyl (C=O) groups excluding carboxylic acids is 2. The molecular formula is C10H18N6O3. The van der Waals surface area contributed by atoms with Gasteiger partial charge >= 0.3 is 0 Å². The number of methoxy groups -OCH3 is 1. The molecule has 0 aliphatic rings. The van der Waals surface area contributed by atoms with Gasteiger partial charge in [0.2, 0.25) is 17.8 Å². The summed E-state index contributed by atoms with van der Waals surface area (Å²) in [5.74, 6) is -0.527. The molecular weight excluding hydrogens is 252 g/mol. The van der Waals surface area contributed by atoms with Gasteiger partial charge in [0.05, 0.1) is 6.61 Å². The Morgan fingerprint density at radius 1 is 1.58 bits per heavy atom. The minimum Gasteiger partial charge on any atom is -0.383 e. The van der Waals surface area contributed by atoms with Crippen LogP contribution < -0.4 is 16.4 Å². The van der Waals surface area contributed by atoms with Crippen LogP contribution in [0.4, 0.5) is 5.95 Å². The van der Waals surface area contributed by atoms with E-state index in [1.807, 2.05) is 0 Å². The maximum atomic E-state index is 11.6. The maximum Gasteiger partial charge on any atom is 0.242 e. The Labute approximate surface area is 110 Å². The summed E-state index contributed by atoms with van der Waals surface area (Å²) >= 11 is 0. The molecule has 0 spiro atoms. The van der Waals surface area contributed by atoms with E-state index in [1.165, 1.54) is 11.0 Å². The van der Waals surface area contributed by atoms with Crippen LogP contribution in [-0.4, -0.2) is 52.9 Å². The van der Waals surface area contributed by atoms with Crippen LogP contribution in [0.15, 0.2) is 6.33 Å². The molecule has 1 atom stereocenters. The molecule has 9 heteroatoms. The summed E-state index contributed by atoms with van der Waals surface area (Å²) < 4.78 is 6.09. The lowest BCUT2D eigenvalue weighted by Gasteiger charge is -2.13. The van der Waals surface area contributed by atoms with E-state index in [0.717, 1.165) is 0 Å². The van der Waals surface area contributed by atoms with E-state index in [-0.39, 0.29) is 24.3 Å². The smallest absolute Gasteiger partial charge is 0.242 e. The summed E-state index contributed by atoms with van der Waals surface area (Å²) in [6, 6.07) is -0.634. The lowest BCUT2D eigenvalue weighted by molar-refractivity contribution is -0.129. The fraction of sp³-hybridized carbons (Fsp3) is 0.600. The number of nitrogens with zero attached hydrogens (tertiary/aromatic N) is 3. The highest BCUT2D eigenvalue weighted by molar-refractivity contribution is 5.87. The van der Waals surface area contributed by atoms with Gasteiger partial charge in [-0.3, -0.25) is 9.59 Å². The molecule has 19 heavy (non-hydrogen) atoms. The van der Waals surface area contributed by atoms with Crippen molar-refractivity contribution >= 4 is 17.8 Å². The molecule has 0 bridgehead atoms. The van der Waals surface area contributed by atoms with Gasteiger partial charge in [0.25, 0.3) is 0 Å². The molecule has 0 saturated heterocycles. The van der Waals surface area contributed by atoms with Gasteiger partial charge < -0.3 is 21.1 Å². The van der Waals surface area contributed by atoms with Crippen LogP contribution >= 0.6 is 0 Å². The van der Waals surface area contributed by atoms with E-state index in [0.29, 0.717) is 13.2 Å². The lowest BCUT2D eigenvalue weighted by Crippen LogP contribution is -2.46. The molecule has 1 aromatic heterocycles. The van der Waals surface area contributed by atoms with E-state index in [2.05, 4.69) is 20.7 Å². The minimum absolute atomic E-state index is 0.0418. The zero-order valence-electron chi connectivity index (χ0n) is 10.9. The number of aromatic nitrogens is 3. The van der Waals surface area contributed by atoms with Crippen molar-refractivity contribution in [3.63, 3.8) is 0 Å². The van der Waals surface area contributed by atoms with Crippen LogP contribution in [0.5, 0.6) is 0 Å². The fourth-order valence-electron chi connectivity index (χ4n) is 1.31. The van der Waals surface area contributed by atoms with Crippen molar-refractivity contribution in [1.29, 1.82) is 0 Å². The van der Waals surface area contributed by atoms with Crippen molar-refractivity contribution in [2.24, 2.45) is 0 Å². The number of hydrogen-bond donors (Lipinski definition) is 3. The summed E-state index contributed by atoms with van der Waals surface area (Å²) in [7, 11) is 1.54. The first kappa shape index (κ1) is 14.9. The number of nitrogen functional groups attached to an aromatic ring is 1. The quantitative estimate of drug-likeness (QED) is 0.498. The van der Waals surface area contributed by atoms with E-state index >= 15 is 0 Å². The first-order valence-electron chi connectivity index (χ1n) is 5.74. The third-order valence-corrected chi connectivity index (χ3v) is 2.24. The van der Waals surface area contributed by atoms with Crippen LogP contribution in [0, 0.1) is 0 Å². The Bertz CT molecular complexity index is 433. The molecule has 0 radical (unpaired) electrons. The fourth-order valence-corrected chi connectivity index (χ4v) is 1.31. The largest absolute Gasteiger partial charge is 0.383 e. The minimum atomic E-state index is -0.634. The van der Waals surface area contributed by atoms with Crippen molar-refractivity contribution < 1.29 is 14.3 Å². The molecule has 0 aliphatic carbocycles. The predicted molar refractivity (Wildman–Crippen MR) is 66.9 cm³/mol. The van der Waals surface area contributed by atoms with E-state index in [9.17, 15) is 9.59 Å². The van der Waals surface area contributed by atoms with Gasteiger partial charge in [0.1, 0.15) is 18.9 Å². The number of amides is 2. The van der Waals surface area contributed by atoms with Gasteiger partial charge in [0, 0.05) is 13.7 Å². The summed E-state index contributed by atoms with van der Waals surface area (Å²) in [4.78, 5) is 26.9. The summed E-state index contributed by atoms with van der Waals surface area (Å²) in [5.41, 5.74) is 5.32. The van der Waals surface area contributed by atoms with Gasteiger partial charge in [0.15, 0.2) is 0 Å². The zero-order chi connectivity index (χ0) is 14.3. The Morgan fingerprint density at radius 2 is 2.32 bits per heavy atom. The second-order valence-electron chi connectivity index (χ2n) is 3.87. The van der Waals surface area contributed by atoms with Crippen LogP contribution in [-0.2, 0) is 20.9 Å². The number of hydrogen-bond acceptors (Lipinski definition) is 6. The van der Waals surface area contributed by atoms with Crippen LogP contribution in [0.1, 0.15) is 6.92 Å². The molecule has 0 aromatic carbocycles. The highest BCUT2D eigenvalue weighted by Crippen LogP contribution is 1.90. The van der Waals surface area contributed by atoms with Gasteiger partial charge in [-0.25, -0.2) is 9.67 Å². The highest BCUT2D eigenvalue weighted by atomic mass is 16.5. The van der Waals surface area contributed by atoms with E-state index < -0.39 is 6.04 Å². The van der Waals surface area contributed by atoms with Gasteiger partial charge in [-0.05, 0) is 6.92 Å². The average Bonchev–Trinajstić information content (AvgIpc) is 2.74. The van der Waals surface area contributed by atoms with Crippen molar-refractivity contribution in [1.82, 2.24) is 25.4 Å². The first-order valence-corrected chi connectivity index (χ1v) is 5.74. The molecule has 1 rings (SSSR count). The van der Waals surface area contributed by atoms with Crippen LogP contribution in [0.2, 0.25) is 0 Å². The molecule has 0 fully saturated rings. The molecule has 0 aliphatic heterocycles. The van der Waals surface area contributed by atoms with Crippen LogP contribution in [0.25, 0.3) is 0 Å². The Kier molecular flexibility index (Phi) is 5.73. The molecule has 4 N–H and O–H groups in total. The van der Waals surface area contributed by atoms with Crippen LogP contribution in [0.3, 0.4) is 0 Å². The number of nitrogens with two attached hydrogens (primary N) is 1. The zero-order valence-corrected chi connectivity index (χ0v) is 10.9. The molecule has 9 nitrogen and oxygen atoms in total. The number of carbonyl (C=O) groups is 2. The summed E-state index contributed by atoms with van der Waals surface area (Å²) in [6.45, 7) is 2.37. The van der Waals surface area contributed by atoms with Crippen molar-refractivity contribution in [3.05, 3.63) is 6.33 Å². The normalized spacial score (nSPS) is 11.9. The third kappa shape index (κ3) is 5.34. The number of rotatable bonds is 7. The van der Waals surface area contributed by atoms with Crippen molar-refractivity contribution in [2.45, 2.75) is 19.5 Å².